The summed E-state index contributed by atoms with van der Waals surface area (Å²) in [7, 11) is 0. The van der Waals surface area contributed by atoms with Gasteiger partial charge in [0, 0.05) is 18.5 Å². The van der Waals surface area contributed by atoms with Crippen molar-refractivity contribution >= 4 is 5.91 Å². The number of hydrogen-bond acceptors (Lipinski definition) is 3. The Morgan fingerprint density at radius 3 is 2.72 bits per heavy atom. The highest BCUT2D eigenvalue weighted by Gasteiger charge is 2.39. The van der Waals surface area contributed by atoms with Gasteiger partial charge in [0.05, 0.1) is 12.6 Å². The van der Waals surface area contributed by atoms with Gasteiger partial charge in [-0.15, -0.1) is 0 Å². The summed E-state index contributed by atoms with van der Waals surface area (Å²) in [5.41, 5.74) is 6.11. The highest BCUT2D eigenvalue weighted by atomic mass is 16.3. The third-order valence-electron chi connectivity index (χ3n) is 4.88. The topological polar surface area (TPSA) is 66.6 Å². The monoisotopic (exact) mass is 254 g/mol. The second-order valence-electron chi connectivity index (χ2n) is 6.21. The smallest absolute Gasteiger partial charge is 0.226 e. The van der Waals surface area contributed by atoms with Crippen LogP contribution in [0, 0.1) is 17.8 Å². The lowest BCUT2D eigenvalue weighted by atomic mass is 9.72. The molecule has 2 aliphatic rings. The number of nitrogens with zero attached hydrogens (tertiary/aromatic N) is 1. The Labute approximate surface area is 110 Å². The molecular formula is C14H26N2O2. The molecule has 1 heterocycles. The number of amides is 1. The molecule has 2 rings (SSSR count). The zero-order valence-corrected chi connectivity index (χ0v) is 11.5. The summed E-state index contributed by atoms with van der Waals surface area (Å²) >= 11 is 0. The molecule has 18 heavy (non-hydrogen) atoms. The maximum absolute atomic E-state index is 12.6. The molecule has 1 saturated carbocycles. The minimum absolute atomic E-state index is 0.0419. The zero-order chi connectivity index (χ0) is 13.3. The average molecular weight is 254 g/mol. The highest BCUT2D eigenvalue weighted by Crippen LogP contribution is 2.35. The third kappa shape index (κ3) is 2.54. The molecule has 1 aliphatic carbocycles. The van der Waals surface area contributed by atoms with Crippen LogP contribution in [0.25, 0.3) is 0 Å². The molecular weight excluding hydrogens is 228 g/mol. The average Bonchev–Trinajstić information content (AvgIpc) is 2.81. The van der Waals surface area contributed by atoms with E-state index >= 15 is 0 Å². The Kier molecular flexibility index (Phi) is 4.28. The molecule has 104 valence electrons. The first-order valence-corrected chi connectivity index (χ1v) is 7.21. The zero-order valence-electron chi connectivity index (χ0n) is 11.5. The Hall–Kier alpha value is -0.610. The summed E-state index contributed by atoms with van der Waals surface area (Å²) in [5.74, 6) is 1.20. The molecule has 3 N–H and O–H groups in total. The van der Waals surface area contributed by atoms with Crippen molar-refractivity contribution in [2.75, 3.05) is 13.2 Å². The van der Waals surface area contributed by atoms with Crippen molar-refractivity contribution in [2.24, 2.45) is 23.5 Å². The Morgan fingerprint density at radius 2 is 2.06 bits per heavy atom. The minimum atomic E-state index is 0.0419. The molecule has 0 spiro atoms. The number of hydrogen-bond donors (Lipinski definition) is 2. The molecule has 0 aromatic carbocycles. The lowest BCUT2D eigenvalue weighted by Crippen LogP contribution is -2.48. The number of aliphatic hydroxyl groups is 1. The van der Waals surface area contributed by atoms with Gasteiger partial charge in [-0.3, -0.25) is 4.79 Å². The molecule has 1 amide bonds. The van der Waals surface area contributed by atoms with E-state index in [2.05, 4.69) is 13.8 Å². The van der Waals surface area contributed by atoms with E-state index in [1.54, 1.807) is 0 Å². The maximum Gasteiger partial charge on any atom is 0.226 e. The van der Waals surface area contributed by atoms with Gasteiger partial charge in [0.2, 0.25) is 5.91 Å². The first-order chi connectivity index (χ1) is 8.54. The number of aliphatic hydroxyl groups excluding tert-OH is 1. The first kappa shape index (κ1) is 13.8. The molecule has 1 saturated heterocycles. The normalized spacial score (nSPS) is 41.1. The van der Waals surface area contributed by atoms with E-state index < -0.39 is 0 Å². The van der Waals surface area contributed by atoms with Crippen LogP contribution in [0.4, 0.5) is 0 Å². The molecule has 2 fully saturated rings. The minimum Gasteiger partial charge on any atom is -0.394 e. The van der Waals surface area contributed by atoms with Gasteiger partial charge < -0.3 is 15.7 Å². The van der Waals surface area contributed by atoms with Crippen molar-refractivity contribution in [1.82, 2.24) is 4.90 Å². The quantitative estimate of drug-likeness (QED) is 0.772. The molecule has 0 aromatic rings. The Morgan fingerprint density at radius 1 is 1.33 bits per heavy atom. The fourth-order valence-electron chi connectivity index (χ4n) is 3.56. The molecule has 4 nitrogen and oxygen atoms in total. The van der Waals surface area contributed by atoms with Crippen LogP contribution in [0.15, 0.2) is 0 Å². The third-order valence-corrected chi connectivity index (χ3v) is 4.88. The molecule has 1 aliphatic heterocycles. The number of carbonyl (C=O) groups is 1. The van der Waals surface area contributed by atoms with Gasteiger partial charge in [0.15, 0.2) is 0 Å². The fourth-order valence-corrected chi connectivity index (χ4v) is 3.56. The Bertz CT molecular complexity index is 308. The highest BCUT2D eigenvalue weighted by molar-refractivity contribution is 5.80. The van der Waals surface area contributed by atoms with Crippen LogP contribution in [0.2, 0.25) is 0 Å². The molecule has 5 atom stereocenters. The summed E-state index contributed by atoms with van der Waals surface area (Å²) in [5, 5.41) is 9.33. The summed E-state index contributed by atoms with van der Waals surface area (Å²) in [6.07, 6.45) is 3.79. The number of nitrogens with two attached hydrogens (primary N) is 1. The second-order valence-corrected chi connectivity index (χ2v) is 6.21. The maximum atomic E-state index is 12.6. The van der Waals surface area contributed by atoms with Crippen molar-refractivity contribution < 1.29 is 9.90 Å². The van der Waals surface area contributed by atoms with E-state index in [0.717, 1.165) is 32.2 Å². The molecule has 5 unspecified atom stereocenters. The largest absolute Gasteiger partial charge is 0.394 e. The van der Waals surface area contributed by atoms with Crippen LogP contribution in [0.5, 0.6) is 0 Å². The van der Waals surface area contributed by atoms with E-state index in [9.17, 15) is 9.90 Å². The van der Waals surface area contributed by atoms with E-state index in [0.29, 0.717) is 11.8 Å². The van der Waals surface area contributed by atoms with Gasteiger partial charge in [-0.2, -0.15) is 0 Å². The summed E-state index contributed by atoms with van der Waals surface area (Å²) in [4.78, 5) is 14.5. The standard InChI is InChI=1S/C14H26N2O2/c1-9-6-10(2)13(15)7-12(9)14(18)16-5-3-4-11(16)8-17/h9-13,17H,3-8,15H2,1-2H3. The van der Waals surface area contributed by atoms with Gasteiger partial charge in [-0.05, 0) is 37.5 Å². The van der Waals surface area contributed by atoms with Gasteiger partial charge >= 0.3 is 0 Å². The van der Waals surface area contributed by atoms with Gasteiger partial charge in [0.25, 0.3) is 0 Å². The number of rotatable bonds is 2. The van der Waals surface area contributed by atoms with Gasteiger partial charge in [0.1, 0.15) is 0 Å². The molecule has 4 heteroatoms. The molecule has 0 aromatic heterocycles. The first-order valence-electron chi connectivity index (χ1n) is 7.21. The summed E-state index contributed by atoms with van der Waals surface area (Å²) in [6.45, 7) is 5.23. The fraction of sp³-hybridized carbons (Fsp3) is 0.929. The van der Waals surface area contributed by atoms with Crippen molar-refractivity contribution in [2.45, 2.75) is 51.6 Å². The van der Waals surface area contributed by atoms with E-state index in [1.807, 2.05) is 4.90 Å². The van der Waals surface area contributed by atoms with E-state index in [4.69, 9.17) is 5.73 Å². The van der Waals surface area contributed by atoms with Crippen LogP contribution in [-0.4, -0.2) is 41.1 Å². The van der Waals surface area contributed by atoms with Crippen LogP contribution in [-0.2, 0) is 4.79 Å². The summed E-state index contributed by atoms with van der Waals surface area (Å²) < 4.78 is 0. The van der Waals surface area contributed by atoms with Crippen LogP contribution in [0.3, 0.4) is 0 Å². The van der Waals surface area contributed by atoms with Gasteiger partial charge in [-0.25, -0.2) is 0 Å². The van der Waals surface area contributed by atoms with Crippen molar-refractivity contribution in [1.29, 1.82) is 0 Å². The lowest BCUT2D eigenvalue weighted by molar-refractivity contribution is -0.140. The predicted molar refractivity (Wildman–Crippen MR) is 70.8 cm³/mol. The lowest BCUT2D eigenvalue weighted by Gasteiger charge is -2.38. The van der Waals surface area contributed by atoms with E-state index in [-0.39, 0.29) is 30.5 Å². The van der Waals surface area contributed by atoms with Crippen molar-refractivity contribution in [3.05, 3.63) is 0 Å². The molecule has 0 radical (unpaired) electrons. The number of likely N-dealkylation sites (tertiary alicyclic amines) is 1. The SMILES string of the molecule is CC1CC(C)C(C(=O)N2CCCC2CO)CC1N. The van der Waals surface area contributed by atoms with Crippen molar-refractivity contribution in [3.8, 4) is 0 Å². The van der Waals surface area contributed by atoms with Gasteiger partial charge in [-0.1, -0.05) is 13.8 Å². The van der Waals surface area contributed by atoms with Crippen molar-refractivity contribution in [3.63, 3.8) is 0 Å². The van der Waals surface area contributed by atoms with Crippen LogP contribution in [0.1, 0.15) is 39.5 Å². The van der Waals surface area contributed by atoms with Crippen LogP contribution >= 0.6 is 0 Å². The predicted octanol–water partition coefficient (Wildman–Crippen LogP) is 0.979. The summed E-state index contributed by atoms with van der Waals surface area (Å²) in [6, 6.07) is 0.186. The van der Waals surface area contributed by atoms with Crippen LogP contribution < -0.4 is 5.73 Å². The Balaban J connectivity index is 2.04. The number of carbonyl (C=O) groups excluding carboxylic acids is 1. The second kappa shape index (κ2) is 5.57. The van der Waals surface area contributed by atoms with E-state index in [1.165, 1.54) is 0 Å². The molecule has 0 bridgehead atoms.